The standard InChI is InChI=1S/C13H14N6O/c1-2-3-15-11-10-12(18-13(14)17-11)19(7-16-10)5-8-4-9(8)6-20/h1,5,7,9,20H,3-4,6H2,(H3,14,15,17,18)/b8-5-. The van der Waals surface area contributed by atoms with Crippen molar-refractivity contribution in [3.63, 3.8) is 0 Å². The van der Waals surface area contributed by atoms with E-state index in [4.69, 9.17) is 17.3 Å². The van der Waals surface area contributed by atoms with Crippen LogP contribution in [-0.2, 0) is 0 Å². The van der Waals surface area contributed by atoms with Crippen LogP contribution in [0.5, 0.6) is 0 Å². The fraction of sp³-hybridized carbons (Fsp3) is 0.308. The summed E-state index contributed by atoms with van der Waals surface area (Å²) in [5.41, 5.74) is 8.11. The molecular weight excluding hydrogens is 256 g/mol. The lowest BCUT2D eigenvalue weighted by Gasteiger charge is -2.03. The molecule has 2 aromatic heterocycles. The minimum Gasteiger partial charge on any atom is -0.396 e. The minimum absolute atomic E-state index is 0.159. The van der Waals surface area contributed by atoms with E-state index in [0.717, 1.165) is 6.42 Å². The van der Waals surface area contributed by atoms with Gasteiger partial charge in [0, 0.05) is 18.7 Å². The first-order valence-corrected chi connectivity index (χ1v) is 6.21. The van der Waals surface area contributed by atoms with Crippen molar-refractivity contribution >= 4 is 29.1 Å². The smallest absolute Gasteiger partial charge is 0.224 e. The highest BCUT2D eigenvalue weighted by Gasteiger charge is 2.29. The molecule has 1 atom stereocenters. The molecule has 0 aliphatic heterocycles. The predicted molar refractivity (Wildman–Crippen MR) is 76.5 cm³/mol. The molecule has 0 amide bonds. The minimum atomic E-state index is 0.159. The van der Waals surface area contributed by atoms with Gasteiger partial charge in [-0.25, -0.2) is 4.98 Å². The van der Waals surface area contributed by atoms with Gasteiger partial charge in [-0.15, -0.1) is 6.42 Å². The Morgan fingerprint density at radius 3 is 3.15 bits per heavy atom. The van der Waals surface area contributed by atoms with Crippen molar-refractivity contribution in [2.75, 3.05) is 24.2 Å². The van der Waals surface area contributed by atoms with Crippen molar-refractivity contribution in [2.45, 2.75) is 6.42 Å². The molecule has 7 nitrogen and oxygen atoms in total. The molecule has 1 aliphatic rings. The van der Waals surface area contributed by atoms with Crippen molar-refractivity contribution in [3.05, 3.63) is 11.9 Å². The number of terminal acetylenes is 1. The Labute approximate surface area is 115 Å². The molecule has 1 fully saturated rings. The molecule has 1 aliphatic carbocycles. The first-order chi connectivity index (χ1) is 9.72. The van der Waals surface area contributed by atoms with Gasteiger partial charge in [-0.1, -0.05) is 5.92 Å². The molecule has 0 spiro atoms. The Hall–Kier alpha value is -2.59. The molecule has 0 aromatic carbocycles. The first kappa shape index (κ1) is 12.4. The molecule has 2 aromatic rings. The Morgan fingerprint density at radius 2 is 2.45 bits per heavy atom. The van der Waals surface area contributed by atoms with Crippen molar-refractivity contribution in [2.24, 2.45) is 5.92 Å². The highest BCUT2D eigenvalue weighted by Crippen LogP contribution is 2.37. The van der Waals surface area contributed by atoms with Crippen molar-refractivity contribution in [1.82, 2.24) is 19.5 Å². The summed E-state index contributed by atoms with van der Waals surface area (Å²) in [7, 11) is 0. The number of nitrogens with two attached hydrogens (primary N) is 1. The van der Waals surface area contributed by atoms with Crippen LogP contribution in [0.1, 0.15) is 6.42 Å². The van der Waals surface area contributed by atoms with Crippen LogP contribution in [-0.4, -0.2) is 37.8 Å². The van der Waals surface area contributed by atoms with E-state index in [1.54, 1.807) is 10.9 Å². The number of rotatable bonds is 4. The van der Waals surface area contributed by atoms with E-state index >= 15 is 0 Å². The second kappa shape index (κ2) is 4.83. The summed E-state index contributed by atoms with van der Waals surface area (Å²) in [6.07, 6.45) is 9.70. The van der Waals surface area contributed by atoms with Gasteiger partial charge in [0.2, 0.25) is 5.95 Å². The molecular formula is C13H14N6O. The lowest BCUT2D eigenvalue weighted by molar-refractivity contribution is 0.281. The van der Waals surface area contributed by atoms with E-state index in [0.29, 0.717) is 23.5 Å². The largest absolute Gasteiger partial charge is 0.396 e. The molecule has 102 valence electrons. The topological polar surface area (TPSA) is 102 Å². The van der Waals surface area contributed by atoms with Crippen molar-refractivity contribution in [1.29, 1.82) is 0 Å². The van der Waals surface area contributed by atoms with Gasteiger partial charge in [0.05, 0.1) is 6.54 Å². The number of aliphatic hydroxyl groups excluding tert-OH is 1. The third kappa shape index (κ3) is 2.17. The van der Waals surface area contributed by atoms with Crippen LogP contribution >= 0.6 is 0 Å². The second-order valence-corrected chi connectivity index (χ2v) is 4.60. The quantitative estimate of drug-likeness (QED) is 0.691. The third-order valence-corrected chi connectivity index (χ3v) is 3.17. The van der Waals surface area contributed by atoms with Gasteiger partial charge in [0.15, 0.2) is 17.0 Å². The fourth-order valence-corrected chi connectivity index (χ4v) is 2.03. The van der Waals surface area contributed by atoms with Crippen LogP contribution in [0.3, 0.4) is 0 Å². The van der Waals surface area contributed by atoms with Crippen LogP contribution in [0, 0.1) is 18.3 Å². The molecule has 2 heterocycles. The number of imidazole rings is 1. The lowest BCUT2D eigenvalue weighted by Crippen LogP contribution is -2.05. The van der Waals surface area contributed by atoms with Crippen LogP contribution in [0.4, 0.5) is 11.8 Å². The average molecular weight is 270 g/mol. The number of aliphatic hydroxyl groups is 1. The highest BCUT2D eigenvalue weighted by atomic mass is 16.3. The summed E-state index contributed by atoms with van der Waals surface area (Å²) in [6, 6.07) is 0. The Kier molecular flexibility index (Phi) is 3.00. The van der Waals surface area contributed by atoms with Gasteiger partial charge in [0.25, 0.3) is 0 Å². The van der Waals surface area contributed by atoms with Crippen LogP contribution in [0.2, 0.25) is 0 Å². The summed E-state index contributed by atoms with van der Waals surface area (Å²) in [6.45, 7) is 0.511. The Morgan fingerprint density at radius 1 is 1.60 bits per heavy atom. The summed E-state index contributed by atoms with van der Waals surface area (Å²) in [4.78, 5) is 12.6. The van der Waals surface area contributed by atoms with Crippen molar-refractivity contribution in [3.8, 4) is 12.3 Å². The van der Waals surface area contributed by atoms with E-state index < -0.39 is 0 Å². The van der Waals surface area contributed by atoms with E-state index in [1.807, 2.05) is 6.20 Å². The molecule has 0 radical (unpaired) electrons. The van der Waals surface area contributed by atoms with Gasteiger partial charge in [-0.3, -0.25) is 4.57 Å². The van der Waals surface area contributed by atoms with E-state index in [1.165, 1.54) is 5.57 Å². The molecule has 3 rings (SSSR count). The zero-order chi connectivity index (χ0) is 14.1. The summed E-state index contributed by atoms with van der Waals surface area (Å²) in [5.74, 6) is 3.42. The molecule has 1 unspecified atom stereocenters. The number of nitrogens with zero attached hydrogens (tertiary/aromatic N) is 4. The molecule has 7 heteroatoms. The zero-order valence-corrected chi connectivity index (χ0v) is 10.7. The Bertz CT molecular complexity index is 726. The maximum atomic E-state index is 9.06. The van der Waals surface area contributed by atoms with Gasteiger partial charge in [-0.05, 0) is 12.0 Å². The summed E-state index contributed by atoms with van der Waals surface area (Å²) < 4.78 is 1.79. The first-order valence-electron chi connectivity index (χ1n) is 6.21. The highest BCUT2D eigenvalue weighted by molar-refractivity contribution is 5.85. The maximum absolute atomic E-state index is 9.06. The lowest BCUT2D eigenvalue weighted by atomic mass is 10.4. The number of aromatic nitrogens is 4. The van der Waals surface area contributed by atoms with Gasteiger partial charge >= 0.3 is 0 Å². The third-order valence-electron chi connectivity index (χ3n) is 3.17. The van der Waals surface area contributed by atoms with E-state index in [2.05, 4.69) is 26.2 Å². The average Bonchev–Trinajstić information content (AvgIpc) is 3.08. The molecule has 0 saturated heterocycles. The van der Waals surface area contributed by atoms with Gasteiger partial charge < -0.3 is 16.2 Å². The number of fused-ring (bicyclic) bond motifs is 1. The summed E-state index contributed by atoms with van der Waals surface area (Å²) >= 11 is 0. The Balaban J connectivity index is 2.02. The predicted octanol–water partition coefficient (Wildman–Crippen LogP) is 0.307. The second-order valence-electron chi connectivity index (χ2n) is 4.60. The zero-order valence-electron chi connectivity index (χ0n) is 10.7. The molecule has 20 heavy (non-hydrogen) atoms. The number of anilines is 2. The number of hydrogen-bond acceptors (Lipinski definition) is 6. The SMILES string of the molecule is C#CCNc1nc(N)nc2c1ncn2/C=C1/CC1CO. The van der Waals surface area contributed by atoms with Crippen molar-refractivity contribution < 1.29 is 5.11 Å². The fourth-order valence-electron chi connectivity index (χ4n) is 2.03. The number of hydrogen-bond donors (Lipinski definition) is 3. The maximum Gasteiger partial charge on any atom is 0.224 e. The van der Waals surface area contributed by atoms with E-state index in [-0.39, 0.29) is 18.5 Å². The molecule has 4 N–H and O–H groups in total. The van der Waals surface area contributed by atoms with E-state index in [9.17, 15) is 0 Å². The summed E-state index contributed by atoms with van der Waals surface area (Å²) in [5, 5.41) is 12.0. The number of nitrogens with one attached hydrogen (secondary N) is 1. The number of nitrogen functional groups attached to an aromatic ring is 1. The van der Waals surface area contributed by atoms with Gasteiger partial charge in [-0.2, -0.15) is 9.97 Å². The normalized spacial score (nSPS) is 19.2. The van der Waals surface area contributed by atoms with Crippen LogP contribution in [0.25, 0.3) is 17.4 Å². The van der Waals surface area contributed by atoms with Gasteiger partial charge in [0.1, 0.15) is 6.33 Å². The van der Waals surface area contributed by atoms with Crippen LogP contribution in [0.15, 0.2) is 11.9 Å². The molecule has 0 bridgehead atoms. The molecule has 1 saturated carbocycles. The monoisotopic (exact) mass is 270 g/mol. The van der Waals surface area contributed by atoms with Crippen LogP contribution < -0.4 is 11.1 Å².